The van der Waals surface area contributed by atoms with Crippen LogP contribution in [0.2, 0.25) is 5.02 Å². The maximum atomic E-state index is 14.1. The summed E-state index contributed by atoms with van der Waals surface area (Å²) >= 11 is 6.51. The second-order valence-electron chi connectivity index (χ2n) is 12.1. The Morgan fingerprint density at radius 3 is 2.50 bits per heavy atom. The second kappa shape index (κ2) is 12.8. The van der Waals surface area contributed by atoms with Gasteiger partial charge in [-0.05, 0) is 57.9 Å². The van der Waals surface area contributed by atoms with Crippen LogP contribution in [-0.4, -0.2) is 91.6 Å². The number of primary amides is 1. The van der Waals surface area contributed by atoms with E-state index in [4.69, 9.17) is 26.8 Å². The number of carbonyl (C=O) groups excluding carboxylic acids is 2. The van der Waals surface area contributed by atoms with Crippen molar-refractivity contribution >= 4 is 50.2 Å². The number of carbonyl (C=O) groups is 2. The Kier molecular flexibility index (Phi) is 9.30. The molecule has 0 aliphatic carbocycles. The Bertz CT molecular complexity index is 1620. The molecular weight excluding hydrogens is 608 g/mol. The number of benzene rings is 2. The first kappa shape index (κ1) is 31.9. The molecule has 14 heteroatoms. The van der Waals surface area contributed by atoms with Crippen LogP contribution < -0.4 is 21.1 Å². The molecule has 3 aromatic rings. The van der Waals surface area contributed by atoms with Gasteiger partial charge in [-0.25, -0.2) is 13.2 Å². The third kappa shape index (κ3) is 7.23. The van der Waals surface area contributed by atoms with Crippen LogP contribution in [0, 0.1) is 0 Å². The molecule has 1 aromatic heterocycles. The van der Waals surface area contributed by atoms with Crippen molar-refractivity contribution in [2.75, 3.05) is 44.7 Å². The van der Waals surface area contributed by atoms with E-state index in [1.807, 2.05) is 51.1 Å². The molecule has 0 spiro atoms. The minimum Gasteiger partial charge on any atom is -0.491 e. The fourth-order valence-corrected chi connectivity index (χ4v) is 7.49. The van der Waals surface area contributed by atoms with Gasteiger partial charge in [-0.2, -0.15) is 4.31 Å². The number of urea groups is 1. The number of rotatable bonds is 8. The largest absolute Gasteiger partial charge is 0.491 e. The van der Waals surface area contributed by atoms with Crippen molar-refractivity contribution in [2.45, 2.75) is 56.2 Å². The van der Waals surface area contributed by atoms with Gasteiger partial charge in [-0.1, -0.05) is 29.8 Å². The van der Waals surface area contributed by atoms with Crippen LogP contribution >= 0.6 is 11.6 Å². The van der Waals surface area contributed by atoms with Crippen LogP contribution in [0.5, 0.6) is 5.75 Å². The summed E-state index contributed by atoms with van der Waals surface area (Å²) in [4.78, 5) is 29.7. The van der Waals surface area contributed by atoms with Gasteiger partial charge in [0.2, 0.25) is 10.0 Å². The number of hydrogen-bond acceptors (Lipinski definition) is 7. The van der Waals surface area contributed by atoms with E-state index in [1.54, 1.807) is 11.0 Å². The van der Waals surface area contributed by atoms with E-state index in [-0.39, 0.29) is 59.9 Å². The van der Waals surface area contributed by atoms with Gasteiger partial charge in [0.05, 0.1) is 17.8 Å². The number of aromatic nitrogens is 1. The molecule has 5 N–H and O–H groups in total. The number of fused-ring (bicyclic) bond motifs is 1. The Balaban J connectivity index is 1.37. The summed E-state index contributed by atoms with van der Waals surface area (Å²) in [6.45, 7) is 7.36. The van der Waals surface area contributed by atoms with E-state index in [0.717, 1.165) is 0 Å². The van der Waals surface area contributed by atoms with Crippen molar-refractivity contribution in [2.24, 2.45) is 5.73 Å². The molecule has 238 valence electrons. The summed E-state index contributed by atoms with van der Waals surface area (Å²) < 4.78 is 41.1. The van der Waals surface area contributed by atoms with Crippen LogP contribution in [0.4, 0.5) is 10.5 Å². The number of likely N-dealkylation sites (tertiary alicyclic amines) is 1. The molecule has 1 atom stereocenters. The predicted octanol–water partition coefficient (Wildman–Crippen LogP) is 3.77. The number of hydrogen-bond donors (Lipinski definition) is 4. The van der Waals surface area contributed by atoms with Gasteiger partial charge < -0.3 is 35.7 Å². The average molecular weight is 647 g/mol. The smallest absolute Gasteiger partial charge is 0.317 e. The summed E-state index contributed by atoms with van der Waals surface area (Å²) in [7, 11) is -4.21. The minimum absolute atomic E-state index is 0.0136. The first-order chi connectivity index (χ1) is 20.8. The van der Waals surface area contributed by atoms with E-state index in [2.05, 4.69) is 15.6 Å². The third-order valence-electron chi connectivity index (χ3n) is 7.57. The van der Waals surface area contributed by atoms with Crippen LogP contribution in [0.25, 0.3) is 10.9 Å². The molecule has 3 heterocycles. The summed E-state index contributed by atoms with van der Waals surface area (Å²) in [6, 6.07) is 12.3. The lowest BCUT2D eigenvalue weighted by molar-refractivity contribution is -0.0249. The quantitative estimate of drug-likeness (QED) is 0.290. The molecule has 0 radical (unpaired) electrons. The predicted molar refractivity (Wildman–Crippen MR) is 169 cm³/mol. The molecule has 2 fully saturated rings. The second-order valence-corrected chi connectivity index (χ2v) is 14.4. The first-order valence-corrected chi connectivity index (χ1v) is 16.4. The van der Waals surface area contributed by atoms with E-state index in [9.17, 15) is 18.0 Å². The zero-order chi connectivity index (χ0) is 31.6. The highest BCUT2D eigenvalue weighted by Gasteiger charge is 2.37. The number of amides is 3. The van der Waals surface area contributed by atoms with Gasteiger partial charge >= 0.3 is 6.03 Å². The fraction of sp³-hybridized carbons (Fsp3) is 0.467. The molecule has 12 nitrogen and oxygen atoms in total. The van der Waals surface area contributed by atoms with Crippen molar-refractivity contribution in [3.63, 3.8) is 0 Å². The highest BCUT2D eigenvalue weighted by atomic mass is 35.5. The number of morpholine rings is 1. The number of H-pyrrole nitrogens is 1. The Hall–Kier alpha value is -3.52. The molecule has 2 aliphatic rings. The molecular formula is C30H39ClN6O6S. The lowest BCUT2D eigenvalue weighted by Gasteiger charge is -2.35. The number of para-hydroxylation sites is 1. The highest BCUT2D eigenvalue weighted by Crippen LogP contribution is 2.37. The van der Waals surface area contributed by atoms with Crippen LogP contribution in [0.15, 0.2) is 47.4 Å². The molecule has 0 unspecified atom stereocenters. The standard InChI is InChI=1S/C30H39ClN6O6S/c1-30(2,3)35-29(39)36-11-9-20(10-12-36)33-24-16-19(31)15-23-25(24)34-26(28(32)38)27(23)44(40,41)37-13-14-42-22(17-37)18-43-21-7-5-4-6-8-21/h4-8,15-16,20,22,33-34H,9-14,17-18H2,1-3H3,(H2,32,38)(H,35,39)/t22-/m0/s1. The number of nitrogens with zero attached hydrogens (tertiary/aromatic N) is 2. The lowest BCUT2D eigenvalue weighted by Crippen LogP contribution is -2.51. The Labute approximate surface area is 262 Å². The SMILES string of the molecule is CC(C)(C)NC(=O)N1CCC(Nc2cc(Cl)cc3c(S(=O)(=O)N4CCO[C@H](COc5ccccc5)C4)c(C(N)=O)[nH]c23)CC1. The summed E-state index contributed by atoms with van der Waals surface area (Å²) in [5.74, 6) is -0.255. The molecule has 3 amide bonds. The number of sulfonamides is 1. The van der Waals surface area contributed by atoms with Gasteiger partial charge in [-0.3, -0.25) is 4.79 Å². The number of nitrogens with one attached hydrogen (secondary N) is 3. The average Bonchev–Trinajstić information content (AvgIpc) is 3.37. The number of nitrogens with two attached hydrogens (primary N) is 1. The van der Waals surface area contributed by atoms with Crippen molar-refractivity contribution in [3.8, 4) is 5.75 Å². The van der Waals surface area contributed by atoms with E-state index >= 15 is 0 Å². The molecule has 2 aromatic carbocycles. The Morgan fingerprint density at radius 1 is 1.14 bits per heavy atom. The van der Waals surface area contributed by atoms with E-state index in [0.29, 0.717) is 47.9 Å². The monoisotopic (exact) mass is 646 g/mol. The summed E-state index contributed by atoms with van der Waals surface area (Å²) in [5, 5.41) is 7.00. The van der Waals surface area contributed by atoms with Gasteiger partial charge in [0.15, 0.2) is 0 Å². The molecule has 0 saturated carbocycles. The fourth-order valence-electron chi connectivity index (χ4n) is 5.49. The Morgan fingerprint density at radius 2 is 1.84 bits per heavy atom. The molecule has 2 saturated heterocycles. The third-order valence-corrected chi connectivity index (χ3v) is 9.74. The molecule has 2 aliphatic heterocycles. The highest BCUT2D eigenvalue weighted by molar-refractivity contribution is 7.89. The van der Waals surface area contributed by atoms with Gasteiger partial charge in [0, 0.05) is 48.2 Å². The van der Waals surface area contributed by atoms with Crippen molar-refractivity contribution < 1.29 is 27.5 Å². The van der Waals surface area contributed by atoms with E-state index < -0.39 is 22.0 Å². The number of aromatic amines is 1. The number of ether oxygens (including phenoxy) is 2. The van der Waals surface area contributed by atoms with Crippen molar-refractivity contribution in [3.05, 3.63) is 53.2 Å². The maximum Gasteiger partial charge on any atom is 0.317 e. The molecule has 0 bridgehead atoms. The number of piperidine rings is 1. The summed E-state index contributed by atoms with van der Waals surface area (Å²) in [5.41, 5.74) is 6.11. The van der Waals surface area contributed by atoms with Crippen LogP contribution in [0.1, 0.15) is 44.1 Å². The van der Waals surface area contributed by atoms with Gasteiger partial charge in [-0.15, -0.1) is 0 Å². The van der Waals surface area contributed by atoms with Gasteiger partial charge in [0.1, 0.15) is 29.0 Å². The topological polar surface area (TPSA) is 159 Å². The van der Waals surface area contributed by atoms with E-state index in [1.165, 1.54) is 10.4 Å². The number of anilines is 1. The zero-order valence-corrected chi connectivity index (χ0v) is 26.6. The molecule has 44 heavy (non-hydrogen) atoms. The van der Waals surface area contributed by atoms with Crippen molar-refractivity contribution in [1.29, 1.82) is 0 Å². The number of halogens is 1. The minimum atomic E-state index is -4.21. The first-order valence-electron chi connectivity index (χ1n) is 14.6. The molecule has 5 rings (SSSR count). The lowest BCUT2D eigenvalue weighted by atomic mass is 10.0. The van der Waals surface area contributed by atoms with Crippen LogP contribution in [0.3, 0.4) is 0 Å². The van der Waals surface area contributed by atoms with Crippen LogP contribution in [-0.2, 0) is 14.8 Å². The zero-order valence-electron chi connectivity index (χ0n) is 25.1. The maximum absolute atomic E-state index is 14.1. The normalized spacial score (nSPS) is 18.7. The van der Waals surface area contributed by atoms with Crippen molar-refractivity contribution in [1.82, 2.24) is 19.5 Å². The summed E-state index contributed by atoms with van der Waals surface area (Å²) in [6.07, 6.45) is 0.818. The van der Waals surface area contributed by atoms with Gasteiger partial charge in [0.25, 0.3) is 5.91 Å².